The maximum atomic E-state index is 2.24. The topological polar surface area (TPSA) is 0 Å². The molecule has 1 rings (SSSR count). The zero-order valence-electron chi connectivity index (χ0n) is 6.58. The maximum absolute atomic E-state index is 2.24. The van der Waals surface area contributed by atoms with Gasteiger partial charge in [-0.3, -0.25) is 0 Å². The molecule has 0 atom stereocenters. The molecule has 0 unspecified atom stereocenters. The summed E-state index contributed by atoms with van der Waals surface area (Å²) < 4.78 is 0. The number of allylic oxidation sites excluding steroid dienone is 4. The zero-order chi connectivity index (χ0) is 7.02. The molecule has 0 spiro atoms. The standard InChI is InChI=1S/C9H13.2Li.2H/c1-6-5-7(2)9(4)8(6)3;;;;/h5H,1-4H3;;;;. The van der Waals surface area contributed by atoms with E-state index in [1.54, 1.807) is 0 Å². The van der Waals surface area contributed by atoms with Gasteiger partial charge in [-0.2, -0.15) is 0 Å². The van der Waals surface area contributed by atoms with Crippen molar-refractivity contribution in [2.75, 3.05) is 0 Å². The van der Waals surface area contributed by atoms with Gasteiger partial charge in [0, 0.05) is 5.92 Å². The first kappa shape index (κ1) is 14.2. The molecular formula is C9H15Li2. The predicted molar refractivity (Wildman–Crippen MR) is 55.3 cm³/mol. The van der Waals surface area contributed by atoms with Gasteiger partial charge >= 0.3 is 37.7 Å². The molecule has 0 amide bonds. The van der Waals surface area contributed by atoms with Crippen LogP contribution in [0.1, 0.15) is 27.7 Å². The minimum atomic E-state index is 0. The fourth-order valence-electron chi connectivity index (χ4n) is 1.13. The summed E-state index contributed by atoms with van der Waals surface area (Å²) in [6, 6.07) is 0. The van der Waals surface area contributed by atoms with E-state index in [1.165, 1.54) is 22.6 Å². The predicted octanol–water partition coefficient (Wildman–Crippen LogP) is 1.58. The van der Waals surface area contributed by atoms with E-state index in [2.05, 4.69) is 33.8 Å². The molecule has 0 aromatic heterocycles. The quantitative estimate of drug-likeness (QED) is 0.444. The second-order valence-corrected chi connectivity index (χ2v) is 2.76. The van der Waals surface area contributed by atoms with Crippen molar-refractivity contribution in [1.29, 1.82) is 0 Å². The summed E-state index contributed by atoms with van der Waals surface area (Å²) in [5, 5.41) is 0. The summed E-state index contributed by atoms with van der Waals surface area (Å²) in [6.07, 6.45) is 2.24. The van der Waals surface area contributed by atoms with E-state index >= 15 is 0 Å². The van der Waals surface area contributed by atoms with Crippen molar-refractivity contribution in [3.63, 3.8) is 0 Å². The first-order valence-electron chi connectivity index (χ1n) is 3.33. The van der Waals surface area contributed by atoms with E-state index in [4.69, 9.17) is 0 Å². The Bertz CT molecular complexity index is 190. The van der Waals surface area contributed by atoms with Crippen molar-refractivity contribution in [2.45, 2.75) is 27.7 Å². The average Bonchev–Trinajstić information content (AvgIpc) is 1.98. The Morgan fingerprint density at radius 2 is 1.27 bits per heavy atom. The molecule has 0 nitrogen and oxygen atoms in total. The first-order chi connectivity index (χ1) is 4.13. The monoisotopic (exact) mass is 137 g/mol. The zero-order valence-corrected chi connectivity index (χ0v) is 6.58. The summed E-state index contributed by atoms with van der Waals surface area (Å²) in [5.41, 5.74) is 4.32. The van der Waals surface area contributed by atoms with Gasteiger partial charge in [-0.1, -0.05) is 24.1 Å². The summed E-state index contributed by atoms with van der Waals surface area (Å²) in [6.45, 7) is 8.68. The van der Waals surface area contributed by atoms with Crippen LogP contribution >= 0.6 is 0 Å². The minimum absolute atomic E-state index is 0. The molecule has 0 bridgehead atoms. The molecule has 0 heterocycles. The van der Waals surface area contributed by atoms with Crippen LogP contribution in [0.4, 0.5) is 0 Å². The first-order valence-corrected chi connectivity index (χ1v) is 3.33. The van der Waals surface area contributed by atoms with Crippen LogP contribution in [0.25, 0.3) is 0 Å². The molecule has 0 aromatic carbocycles. The molecule has 53 valence electrons. The van der Waals surface area contributed by atoms with Crippen LogP contribution in [-0.2, 0) is 0 Å². The van der Waals surface area contributed by atoms with Crippen LogP contribution in [0.15, 0.2) is 22.8 Å². The number of hydrogen-bond acceptors (Lipinski definition) is 0. The molecule has 0 aliphatic heterocycles. The number of rotatable bonds is 0. The van der Waals surface area contributed by atoms with Gasteiger partial charge < -0.3 is 0 Å². The summed E-state index contributed by atoms with van der Waals surface area (Å²) in [7, 11) is 0. The average molecular weight is 137 g/mol. The molecule has 11 heavy (non-hydrogen) atoms. The Hall–Kier alpha value is 0.675. The summed E-state index contributed by atoms with van der Waals surface area (Å²) in [5.74, 6) is 1.42. The van der Waals surface area contributed by atoms with Crippen molar-refractivity contribution >= 4 is 37.7 Å². The molecule has 0 aromatic rings. The van der Waals surface area contributed by atoms with Crippen LogP contribution in [0, 0.1) is 5.92 Å². The summed E-state index contributed by atoms with van der Waals surface area (Å²) >= 11 is 0. The normalized spacial score (nSPS) is 17.3. The van der Waals surface area contributed by atoms with Gasteiger partial charge in [-0.15, -0.1) is 0 Å². The summed E-state index contributed by atoms with van der Waals surface area (Å²) in [4.78, 5) is 0. The Morgan fingerprint density at radius 3 is 1.36 bits per heavy atom. The van der Waals surface area contributed by atoms with Crippen LogP contribution < -0.4 is 0 Å². The van der Waals surface area contributed by atoms with Gasteiger partial charge in [-0.05, 0) is 26.3 Å². The van der Waals surface area contributed by atoms with Gasteiger partial charge in [0.05, 0.1) is 0 Å². The number of hydrogen-bond donors (Lipinski definition) is 0. The van der Waals surface area contributed by atoms with Crippen LogP contribution in [0.3, 0.4) is 0 Å². The Labute approximate surface area is 93.9 Å². The third kappa shape index (κ3) is 2.89. The molecule has 1 aliphatic carbocycles. The van der Waals surface area contributed by atoms with Crippen molar-refractivity contribution in [3.05, 3.63) is 28.7 Å². The van der Waals surface area contributed by atoms with E-state index in [0.29, 0.717) is 0 Å². The van der Waals surface area contributed by atoms with Gasteiger partial charge in [0.2, 0.25) is 0 Å². The van der Waals surface area contributed by atoms with Gasteiger partial charge in [-0.25, -0.2) is 0 Å². The van der Waals surface area contributed by atoms with E-state index in [1.807, 2.05) is 0 Å². The fourth-order valence-corrected chi connectivity index (χ4v) is 1.13. The molecule has 0 fully saturated rings. The third-order valence-corrected chi connectivity index (χ3v) is 2.18. The molecule has 1 aliphatic rings. The van der Waals surface area contributed by atoms with E-state index in [9.17, 15) is 0 Å². The van der Waals surface area contributed by atoms with Crippen LogP contribution in [0.5, 0.6) is 0 Å². The third-order valence-electron chi connectivity index (χ3n) is 2.18. The SMILES string of the molecule is C[C]1C=C(C)C(C)=C1C.[LiH].[LiH]. The second-order valence-electron chi connectivity index (χ2n) is 2.76. The van der Waals surface area contributed by atoms with E-state index in [0.717, 1.165) is 0 Å². The molecule has 0 N–H and O–H groups in total. The Balaban J connectivity index is 0. The van der Waals surface area contributed by atoms with Crippen molar-refractivity contribution in [1.82, 2.24) is 0 Å². The Kier molecular flexibility index (Phi) is 6.90. The second kappa shape index (κ2) is 5.34. The van der Waals surface area contributed by atoms with E-state index in [-0.39, 0.29) is 37.7 Å². The molecule has 1 radical (unpaired) electrons. The van der Waals surface area contributed by atoms with Crippen molar-refractivity contribution in [2.24, 2.45) is 0 Å². The molecule has 0 saturated carbocycles. The van der Waals surface area contributed by atoms with Gasteiger partial charge in [0.25, 0.3) is 0 Å². The fraction of sp³-hybridized carbons (Fsp3) is 0.444. The molecular weight excluding hydrogens is 122 g/mol. The van der Waals surface area contributed by atoms with Gasteiger partial charge in [0.1, 0.15) is 0 Å². The van der Waals surface area contributed by atoms with E-state index < -0.39 is 0 Å². The molecule has 0 saturated heterocycles. The van der Waals surface area contributed by atoms with Crippen LogP contribution in [-0.4, -0.2) is 37.7 Å². The van der Waals surface area contributed by atoms with Crippen molar-refractivity contribution < 1.29 is 0 Å². The van der Waals surface area contributed by atoms with Crippen molar-refractivity contribution in [3.8, 4) is 0 Å². The Morgan fingerprint density at radius 1 is 0.818 bits per heavy atom. The molecule has 2 heteroatoms. The van der Waals surface area contributed by atoms with Gasteiger partial charge in [0.15, 0.2) is 0 Å². The van der Waals surface area contributed by atoms with Crippen LogP contribution in [0.2, 0.25) is 0 Å².